The van der Waals surface area contributed by atoms with Crippen LogP contribution in [0.5, 0.6) is 0 Å². The molecule has 1 amide bonds. The summed E-state index contributed by atoms with van der Waals surface area (Å²) in [5.41, 5.74) is 3.41. The average Bonchev–Trinajstić information content (AvgIpc) is 3.22. The van der Waals surface area contributed by atoms with Gasteiger partial charge in [-0.2, -0.15) is 0 Å². The van der Waals surface area contributed by atoms with E-state index in [0.29, 0.717) is 33.7 Å². The van der Waals surface area contributed by atoms with Crippen molar-refractivity contribution in [1.82, 2.24) is 9.55 Å². The average molecular weight is 466 g/mol. The van der Waals surface area contributed by atoms with Crippen LogP contribution >= 0.6 is 11.3 Å². The lowest BCUT2D eigenvalue weighted by atomic mass is 10.1. The van der Waals surface area contributed by atoms with Gasteiger partial charge in [0.15, 0.2) is 0 Å². The van der Waals surface area contributed by atoms with Crippen molar-refractivity contribution in [3.63, 3.8) is 0 Å². The van der Waals surface area contributed by atoms with Gasteiger partial charge in [0.25, 0.3) is 11.5 Å². The second-order valence-electron chi connectivity index (χ2n) is 8.11. The molecular weight excluding hydrogens is 442 g/mol. The monoisotopic (exact) mass is 465 g/mol. The van der Waals surface area contributed by atoms with E-state index in [0.717, 1.165) is 16.8 Å². The first kappa shape index (κ1) is 21.8. The standard InChI is InChI=1S/C28H23N3O2S/c1-20-24-26(29-19-30(27(24)32)17-21-11-5-2-6-12-21)34-25(20)28(33)31(23-15-9-4-10-16-23)18-22-13-7-3-8-14-22/h2-16,19H,17-18H2,1H3. The quantitative estimate of drug-likeness (QED) is 0.325. The second kappa shape index (κ2) is 9.45. The molecule has 168 valence electrons. The second-order valence-corrected chi connectivity index (χ2v) is 9.11. The Morgan fingerprint density at radius 2 is 1.47 bits per heavy atom. The van der Waals surface area contributed by atoms with E-state index >= 15 is 0 Å². The SMILES string of the molecule is Cc1c(C(=O)N(Cc2ccccc2)c2ccccc2)sc2ncn(Cc3ccccc3)c(=O)c12. The first-order valence-corrected chi connectivity index (χ1v) is 11.9. The van der Waals surface area contributed by atoms with Gasteiger partial charge in [0.1, 0.15) is 4.83 Å². The van der Waals surface area contributed by atoms with Crippen molar-refractivity contribution in [2.24, 2.45) is 0 Å². The highest BCUT2D eigenvalue weighted by Gasteiger charge is 2.25. The van der Waals surface area contributed by atoms with Crippen molar-refractivity contribution in [3.8, 4) is 0 Å². The number of aryl methyl sites for hydroxylation is 1. The number of fused-ring (bicyclic) bond motifs is 1. The summed E-state index contributed by atoms with van der Waals surface area (Å²) in [6.45, 7) is 2.71. The molecule has 0 aliphatic rings. The van der Waals surface area contributed by atoms with Gasteiger partial charge in [-0.1, -0.05) is 78.9 Å². The van der Waals surface area contributed by atoms with Crippen LogP contribution in [0.1, 0.15) is 26.4 Å². The molecule has 34 heavy (non-hydrogen) atoms. The largest absolute Gasteiger partial charge is 0.303 e. The zero-order chi connectivity index (χ0) is 23.5. The van der Waals surface area contributed by atoms with Gasteiger partial charge in [0.2, 0.25) is 0 Å². The highest BCUT2D eigenvalue weighted by atomic mass is 32.1. The number of nitrogens with zero attached hydrogens (tertiary/aromatic N) is 3. The van der Waals surface area contributed by atoms with Crippen LogP contribution in [0.4, 0.5) is 5.69 Å². The van der Waals surface area contributed by atoms with Gasteiger partial charge in [0, 0.05) is 5.69 Å². The first-order chi connectivity index (χ1) is 16.6. The van der Waals surface area contributed by atoms with Gasteiger partial charge in [-0.15, -0.1) is 11.3 Å². The van der Waals surface area contributed by atoms with Gasteiger partial charge in [-0.05, 0) is 35.7 Å². The number of amides is 1. The zero-order valence-corrected chi connectivity index (χ0v) is 19.5. The van der Waals surface area contributed by atoms with Crippen LogP contribution in [0.2, 0.25) is 0 Å². The molecule has 0 spiro atoms. The number of aromatic nitrogens is 2. The Balaban J connectivity index is 1.55. The summed E-state index contributed by atoms with van der Waals surface area (Å²) in [4.78, 5) is 34.6. The molecule has 3 aromatic carbocycles. The van der Waals surface area contributed by atoms with E-state index in [1.54, 1.807) is 15.8 Å². The maximum Gasteiger partial charge on any atom is 0.269 e. The Labute approximate surface area is 201 Å². The third-order valence-corrected chi connectivity index (χ3v) is 6.99. The van der Waals surface area contributed by atoms with E-state index in [2.05, 4.69) is 4.98 Å². The lowest BCUT2D eigenvalue weighted by Crippen LogP contribution is -2.30. The topological polar surface area (TPSA) is 55.2 Å². The summed E-state index contributed by atoms with van der Waals surface area (Å²) < 4.78 is 1.60. The highest BCUT2D eigenvalue weighted by Crippen LogP contribution is 2.30. The van der Waals surface area contributed by atoms with E-state index in [4.69, 9.17) is 0 Å². The van der Waals surface area contributed by atoms with Gasteiger partial charge < -0.3 is 4.90 Å². The Kier molecular flexibility index (Phi) is 6.06. The zero-order valence-electron chi connectivity index (χ0n) is 18.7. The molecule has 2 heterocycles. The minimum absolute atomic E-state index is 0.129. The maximum absolute atomic E-state index is 13.8. The number of thiophene rings is 1. The minimum atomic E-state index is -0.135. The van der Waals surface area contributed by atoms with Crippen molar-refractivity contribution in [2.75, 3.05) is 4.90 Å². The molecule has 0 saturated heterocycles. The third-order valence-electron chi connectivity index (χ3n) is 5.80. The normalized spacial score (nSPS) is 11.0. The molecular formula is C28H23N3O2S. The highest BCUT2D eigenvalue weighted by molar-refractivity contribution is 7.20. The van der Waals surface area contributed by atoms with Gasteiger partial charge >= 0.3 is 0 Å². The van der Waals surface area contributed by atoms with E-state index < -0.39 is 0 Å². The summed E-state index contributed by atoms with van der Waals surface area (Å²) in [5, 5.41) is 0.513. The molecule has 0 aliphatic carbocycles. The van der Waals surface area contributed by atoms with E-state index in [1.165, 1.54) is 11.3 Å². The Morgan fingerprint density at radius 3 is 2.12 bits per heavy atom. The molecule has 0 bridgehead atoms. The van der Waals surface area contributed by atoms with Gasteiger partial charge in [-0.3, -0.25) is 14.2 Å². The summed E-state index contributed by atoms with van der Waals surface area (Å²) in [7, 11) is 0. The van der Waals surface area contributed by atoms with Gasteiger partial charge in [0.05, 0.1) is 29.7 Å². The Morgan fingerprint density at radius 1 is 0.882 bits per heavy atom. The number of carbonyl (C=O) groups is 1. The van der Waals surface area contributed by atoms with Crippen molar-refractivity contribution in [3.05, 3.63) is 129 Å². The molecule has 0 atom stereocenters. The number of hydrogen-bond donors (Lipinski definition) is 0. The summed E-state index contributed by atoms with van der Waals surface area (Å²) in [6.07, 6.45) is 1.57. The van der Waals surface area contributed by atoms with Crippen molar-refractivity contribution >= 4 is 33.1 Å². The van der Waals surface area contributed by atoms with Crippen LogP contribution in [-0.2, 0) is 13.1 Å². The van der Waals surface area contributed by atoms with Crippen molar-refractivity contribution < 1.29 is 4.79 Å². The number of hydrogen-bond acceptors (Lipinski definition) is 4. The first-order valence-electron chi connectivity index (χ1n) is 11.0. The smallest absolute Gasteiger partial charge is 0.269 e. The molecule has 0 unspecified atom stereocenters. The molecule has 5 aromatic rings. The molecule has 0 N–H and O–H groups in total. The fourth-order valence-electron chi connectivity index (χ4n) is 4.03. The lowest BCUT2D eigenvalue weighted by Gasteiger charge is -2.23. The summed E-state index contributed by atoms with van der Waals surface area (Å²) in [6, 6.07) is 29.3. The van der Waals surface area contributed by atoms with Crippen LogP contribution in [0.25, 0.3) is 10.2 Å². The van der Waals surface area contributed by atoms with Crippen LogP contribution in [-0.4, -0.2) is 15.5 Å². The molecule has 5 nitrogen and oxygen atoms in total. The van der Waals surface area contributed by atoms with Gasteiger partial charge in [-0.25, -0.2) is 4.98 Å². The number of rotatable bonds is 6. The van der Waals surface area contributed by atoms with Crippen molar-refractivity contribution in [2.45, 2.75) is 20.0 Å². The predicted molar refractivity (Wildman–Crippen MR) is 138 cm³/mol. The van der Waals surface area contributed by atoms with E-state index in [1.807, 2.05) is 97.9 Å². The van der Waals surface area contributed by atoms with Crippen molar-refractivity contribution in [1.29, 1.82) is 0 Å². The number of anilines is 1. The maximum atomic E-state index is 13.8. The lowest BCUT2D eigenvalue weighted by molar-refractivity contribution is 0.0988. The van der Waals surface area contributed by atoms with Crippen LogP contribution in [0.3, 0.4) is 0 Å². The van der Waals surface area contributed by atoms with Crippen LogP contribution < -0.4 is 10.5 Å². The number of carbonyl (C=O) groups excluding carboxylic acids is 1. The fourth-order valence-corrected chi connectivity index (χ4v) is 5.12. The molecule has 6 heteroatoms. The molecule has 5 rings (SSSR count). The minimum Gasteiger partial charge on any atom is -0.303 e. The van der Waals surface area contributed by atoms with Crippen LogP contribution in [0, 0.1) is 6.92 Å². The van der Waals surface area contributed by atoms with Crippen LogP contribution in [0.15, 0.2) is 102 Å². The van der Waals surface area contributed by atoms with E-state index in [-0.39, 0.29) is 11.5 Å². The summed E-state index contributed by atoms with van der Waals surface area (Å²) in [5.74, 6) is -0.135. The number of benzene rings is 3. The summed E-state index contributed by atoms with van der Waals surface area (Å²) >= 11 is 1.28. The molecule has 2 aromatic heterocycles. The molecule has 0 radical (unpaired) electrons. The van der Waals surface area contributed by atoms with E-state index in [9.17, 15) is 9.59 Å². The Bertz CT molecular complexity index is 1490. The Hall–Kier alpha value is -4.03. The molecule has 0 fully saturated rings. The molecule has 0 saturated carbocycles. The number of para-hydroxylation sites is 1. The molecule has 0 aliphatic heterocycles. The third kappa shape index (κ3) is 4.28. The fraction of sp³-hybridized carbons (Fsp3) is 0.107. The predicted octanol–water partition coefficient (Wildman–Crippen LogP) is 5.66.